The zero-order chi connectivity index (χ0) is 48.1. The minimum atomic E-state index is -0.722. The number of benzene rings is 2. The number of amides is 3. The van der Waals surface area contributed by atoms with Crippen LogP contribution in [-0.4, -0.2) is 121 Å². The molecule has 2 fully saturated rings. The summed E-state index contributed by atoms with van der Waals surface area (Å²) in [7, 11) is 0. The highest BCUT2D eigenvalue weighted by Gasteiger charge is 2.41. The Labute approximate surface area is 389 Å². The molecule has 2 saturated heterocycles. The average molecular weight is 958 g/mol. The fourth-order valence-electron chi connectivity index (χ4n) is 5.59. The third-order valence-corrected chi connectivity index (χ3v) is 10.4. The number of esters is 2. The summed E-state index contributed by atoms with van der Waals surface area (Å²) in [5, 5.41) is 4.39. The topological polar surface area (TPSA) is 194 Å². The number of nitrogens with zero attached hydrogens (tertiary/aromatic N) is 7. The second-order valence-electron chi connectivity index (χ2n) is 16.5. The Morgan fingerprint density at radius 3 is 1.58 bits per heavy atom. The van der Waals surface area contributed by atoms with Crippen molar-refractivity contribution in [1.29, 1.82) is 0 Å². The van der Waals surface area contributed by atoms with Crippen LogP contribution in [0.15, 0.2) is 83.4 Å². The molecule has 0 aliphatic carbocycles. The standard InChI is InChI=1S/C22H25FN4O4S.C16H21FN2O3.C6H5ClN2OS/c1-22(2,3)20(30)31-16-12-26(18(28)11-14-5-7-15(23)8-6-14)27(13-16)19(29)17-9-10-24-21(25-17)32-4;1-16(2,3)15(21)22-13-9-18-19(10-13)14(20)8-11-4-6-12(17)7-5-11;1-11-6-8-3-2-4(9-6)5(7)10/h5-10,16H,11-13H2,1-4H3;4-7,13,18H,8-10H2,1-3H3;2-3H,1H3. The molecule has 2 atom stereocenters. The molecule has 2 aliphatic rings. The van der Waals surface area contributed by atoms with E-state index in [1.807, 2.05) is 6.26 Å². The maximum Gasteiger partial charge on any atom is 0.311 e. The second kappa shape index (κ2) is 23.6. The van der Waals surface area contributed by atoms with E-state index in [0.29, 0.717) is 29.0 Å². The lowest BCUT2D eigenvalue weighted by Gasteiger charge is -2.27. The van der Waals surface area contributed by atoms with Crippen LogP contribution in [0, 0.1) is 22.5 Å². The molecule has 1 N–H and O–H groups in total. The predicted octanol–water partition coefficient (Wildman–Crippen LogP) is 5.99. The van der Waals surface area contributed by atoms with Crippen LogP contribution in [-0.2, 0) is 41.5 Å². The van der Waals surface area contributed by atoms with E-state index in [4.69, 9.17) is 21.1 Å². The third kappa shape index (κ3) is 16.1. The molecule has 4 aromatic rings. The van der Waals surface area contributed by atoms with Gasteiger partial charge >= 0.3 is 11.9 Å². The Morgan fingerprint density at radius 1 is 0.662 bits per heavy atom. The van der Waals surface area contributed by atoms with Crippen molar-refractivity contribution in [2.24, 2.45) is 10.8 Å². The summed E-state index contributed by atoms with van der Waals surface area (Å²) in [6.07, 6.45) is 5.72. The van der Waals surface area contributed by atoms with Crippen LogP contribution < -0.4 is 5.43 Å². The van der Waals surface area contributed by atoms with Crippen molar-refractivity contribution in [3.05, 3.63) is 107 Å². The molecule has 2 unspecified atom stereocenters. The normalized spacial score (nSPS) is 15.8. The van der Waals surface area contributed by atoms with E-state index in [9.17, 15) is 37.5 Å². The van der Waals surface area contributed by atoms with E-state index in [1.165, 1.54) is 99.5 Å². The van der Waals surface area contributed by atoms with E-state index in [0.717, 1.165) is 5.56 Å². The Hall–Kier alpha value is -5.57. The van der Waals surface area contributed by atoms with Crippen LogP contribution >= 0.6 is 35.1 Å². The molecule has 4 heterocycles. The number of rotatable bonds is 10. The molecule has 0 bridgehead atoms. The van der Waals surface area contributed by atoms with Crippen LogP contribution in [0.3, 0.4) is 0 Å². The molecule has 2 aromatic carbocycles. The lowest BCUT2D eigenvalue weighted by atomic mass is 9.97. The number of nitrogens with one attached hydrogen (secondary N) is 1. The fraction of sp³-hybridized carbons (Fsp3) is 0.409. The van der Waals surface area contributed by atoms with Gasteiger partial charge < -0.3 is 9.47 Å². The van der Waals surface area contributed by atoms with Gasteiger partial charge in [-0.2, -0.15) is 0 Å². The van der Waals surface area contributed by atoms with Crippen LogP contribution in [0.4, 0.5) is 8.78 Å². The fourth-order valence-corrected chi connectivity index (χ4v) is 6.41. The number of hydrogen-bond donors (Lipinski definition) is 1. The van der Waals surface area contributed by atoms with Gasteiger partial charge in [0.15, 0.2) is 10.3 Å². The van der Waals surface area contributed by atoms with Gasteiger partial charge in [0.1, 0.15) is 35.2 Å². The van der Waals surface area contributed by atoms with Gasteiger partial charge in [-0.05, 0) is 113 Å². The number of carbonyl (C=O) groups excluding carboxylic acids is 6. The predicted molar refractivity (Wildman–Crippen MR) is 239 cm³/mol. The third-order valence-electron chi connectivity index (χ3n) is 9.13. The minimum absolute atomic E-state index is 0.0222. The summed E-state index contributed by atoms with van der Waals surface area (Å²) in [6.45, 7) is 11.3. The molecule has 6 rings (SSSR count). The highest BCUT2D eigenvalue weighted by Crippen LogP contribution is 2.24. The van der Waals surface area contributed by atoms with Crippen LogP contribution in [0.5, 0.6) is 0 Å². The smallest absolute Gasteiger partial charge is 0.311 e. The molecular formula is C44H51ClF2N8O8S2. The van der Waals surface area contributed by atoms with Gasteiger partial charge in [-0.15, -0.1) is 0 Å². The number of hydrazine groups is 2. The zero-order valence-electron chi connectivity index (χ0n) is 37.2. The van der Waals surface area contributed by atoms with E-state index in [2.05, 4.69) is 25.4 Å². The van der Waals surface area contributed by atoms with Crippen molar-refractivity contribution in [3.8, 4) is 0 Å². The maximum atomic E-state index is 13.2. The van der Waals surface area contributed by atoms with Gasteiger partial charge in [0, 0.05) is 12.4 Å². The van der Waals surface area contributed by atoms with Crippen molar-refractivity contribution in [3.63, 3.8) is 0 Å². The molecule has 0 saturated carbocycles. The quantitative estimate of drug-likeness (QED) is 0.0843. The number of carbonyl (C=O) groups is 6. The van der Waals surface area contributed by atoms with Gasteiger partial charge in [-0.25, -0.2) is 44.2 Å². The summed E-state index contributed by atoms with van der Waals surface area (Å²) in [6, 6.07) is 14.4. The largest absolute Gasteiger partial charge is 0.459 e. The van der Waals surface area contributed by atoms with Crippen molar-refractivity contribution < 1.29 is 47.0 Å². The van der Waals surface area contributed by atoms with Crippen LogP contribution in [0.25, 0.3) is 0 Å². The Morgan fingerprint density at radius 2 is 1.11 bits per heavy atom. The number of thioether (sulfide) groups is 2. The summed E-state index contributed by atoms with van der Waals surface area (Å²) < 4.78 is 37.0. The zero-order valence-corrected chi connectivity index (χ0v) is 39.6. The molecular weight excluding hydrogens is 906 g/mol. The molecule has 3 amide bonds. The first kappa shape index (κ1) is 52.1. The Kier molecular flexibility index (Phi) is 18.9. The number of halogens is 3. The number of ether oxygens (including phenoxy) is 2. The molecule has 21 heteroatoms. The summed E-state index contributed by atoms with van der Waals surface area (Å²) >= 11 is 7.85. The molecule has 2 aliphatic heterocycles. The lowest BCUT2D eigenvalue weighted by Crippen LogP contribution is -2.45. The highest BCUT2D eigenvalue weighted by atomic mass is 35.5. The SMILES string of the molecule is CC(C)(C)C(=O)OC1CNN(C(=O)Cc2ccc(F)cc2)C1.CSc1nccc(C(=O)Cl)n1.CSc1nccc(C(=O)N2CC(OC(=O)C(C)(C)C)CN2C(=O)Cc2ccc(F)cc2)n1. The Balaban J connectivity index is 0.000000241. The van der Waals surface area contributed by atoms with E-state index < -0.39 is 39.9 Å². The summed E-state index contributed by atoms with van der Waals surface area (Å²) in [5.41, 5.74) is 3.36. The van der Waals surface area contributed by atoms with Crippen LogP contribution in [0.1, 0.15) is 73.6 Å². The molecule has 2 aromatic heterocycles. The molecule has 348 valence electrons. The second-order valence-corrected chi connectivity index (χ2v) is 18.4. The van der Waals surface area contributed by atoms with Crippen molar-refractivity contribution in [2.45, 2.75) is 76.9 Å². The van der Waals surface area contributed by atoms with Crippen molar-refractivity contribution >= 4 is 70.0 Å². The van der Waals surface area contributed by atoms with Gasteiger partial charge in [-0.1, -0.05) is 47.8 Å². The molecule has 0 spiro atoms. The lowest BCUT2D eigenvalue weighted by molar-refractivity contribution is -0.158. The summed E-state index contributed by atoms with van der Waals surface area (Å²) in [5.74, 6) is -2.45. The van der Waals surface area contributed by atoms with Crippen molar-refractivity contribution in [1.82, 2.24) is 40.4 Å². The first-order valence-corrected chi connectivity index (χ1v) is 22.9. The monoisotopic (exact) mass is 956 g/mol. The molecule has 65 heavy (non-hydrogen) atoms. The van der Waals surface area contributed by atoms with Gasteiger partial charge in [-0.3, -0.25) is 33.8 Å². The van der Waals surface area contributed by atoms with E-state index in [-0.39, 0.29) is 67.0 Å². The molecule has 0 radical (unpaired) electrons. The van der Waals surface area contributed by atoms with Crippen molar-refractivity contribution in [2.75, 3.05) is 38.7 Å². The van der Waals surface area contributed by atoms with Gasteiger partial charge in [0.05, 0.1) is 49.9 Å². The first-order valence-electron chi connectivity index (χ1n) is 20.1. The average Bonchev–Trinajstić information content (AvgIpc) is 3.92. The minimum Gasteiger partial charge on any atom is -0.459 e. The summed E-state index contributed by atoms with van der Waals surface area (Å²) in [4.78, 5) is 89.2. The number of aromatic nitrogens is 4. The first-order chi connectivity index (χ1) is 30.6. The maximum absolute atomic E-state index is 13.2. The van der Waals surface area contributed by atoms with E-state index in [1.54, 1.807) is 59.9 Å². The van der Waals surface area contributed by atoms with E-state index >= 15 is 0 Å². The molecule has 16 nitrogen and oxygen atoms in total. The van der Waals surface area contributed by atoms with Gasteiger partial charge in [0.25, 0.3) is 11.1 Å². The van der Waals surface area contributed by atoms with Gasteiger partial charge in [0.2, 0.25) is 11.8 Å². The van der Waals surface area contributed by atoms with Crippen LogP contribution in [0.2, 0.25) is 0 Å². The number of hydrogen-bond acceptors (Lipinski definition) is 15. The highest BCUT2D eigenvalue weighted by molar-refractivity contribution is 7.98. The Bertz CT molecular complexity index is 2320.